The molecule has 3 heterocycles. The van der Waals surface area contributed by atoms with Gasteiger partial charge in [0.05, 0.1) is 19.2 Å². The first-order valence-electron chi connectivity index (χ1n) is 14.0. The molecule has 1 aromatic carbocycles. The summed E-state index contributed by atoms with van der Waals surface area (Å²) in [4.78, 5) is 32.4. The number of amides is 2. The molecule has 0 unspecified atom stereocenters. The molecule has 2 amide bonds. The van der Waals surface area contributed by atoms with Crippen molar-refractivity contribution in [2.45, 2.75) is 89.3 Å². The molecule has 2 fully saturated rings. The van der Waals surface area contributed by atoms with E-state index in [-0.39, 0.29) is 17.9 Å². The summed E-state index contributed by atoms with van der Waals surface area (Å²) < 4.78 is 7.50. The SMILES string of the molecule is COc1ccc2cc3n(c2c1)C[C@@](C)(C(=O)NC1CCCCCC1)N(CCN1CCCCCC1)C3=O. The van der Waals surface area contributed by atoms with Crippen molar-refractivity contribution < 1.29 is 14.3 Å². The molecule has 1 aliphatic carbocycles. The first-order chi connectivity index (χ1) is 17.5. The van der Waals surface area contributed by atoms with E-state index in [4.69, 9.17) is 4.74 Å². The van der Waals surface area contributed by atoms with Crippen molar-refractivity contribution in [1.82, 2.24) is 19.7 Å². The van der Waals surface area contributed by atoms with Crippen LogP contribution in [0.25, 0.3) is 10.9 Å². The maximum Gasteiger partial charge on any atom is 0.271 e. The first-order valence-corrected chi connectivity index (χ1v) is 14.0. The fourth-order valence-electron chi connectivity index (χ4n) is 6.37. The lowest BCUT2D eigenvalue weighted by Gasteiger charge is -2.45. The van der Waals surface area contributed by atoms with E-state index < -0.39 is 5.54 Å². The number of ether oxygens (including phenoxy) is 1. The Balaban J connectivity index is 1.46. The quantitative estimate of drug-likeness (QED) is 0.597. The molecule has 5 rings (SSSR count). The third-order valence-electron chi connectivity index (χ3n) is 8.66. The molecular formula is C29H42N4O3. The molecule has 1 N–H and O–H groups in total. The van der Waals surface area contributed by atoms with Crippen molar-refractivity contribution in [3.05, 3.63) is 30.0 Å². The van der Waals surface area contributed by atoms with Crippen LogP contribution >= 0.6 is 0 Å². The molecule has 0 radical (unpaired) electrons. The Morgan fingerprint density at radius 1 is 1.00 bits per heavy atom. The molecule has 0 spiro atoms. The molecular weight excluding hydrogens is 452 g/mol. The summed E-state index contributed by atoms with van der Waals surface area (Å²) in [5, 5.41) is 4.38. The van der Waals surface area contributed by atoms with Gasteiger partial charge in [-0.1, -0.05) is 38.5 Å². The summed E-state index contributed by atoms with van der Waals surface area (Å²) in [5.41, 5.74) is 0.657. The monoisotopic (exact) mass is 494 g/mol. The van der Waals surface area contributed by atoms with Crippen LogP contribution < -0.4 is 10.1 Å². The number of hydrogen-bond donors (Lipinski definition) is 1. The largest absolute Gasteiger partial charge is 0.497 e. The van der Waals surface area contributed by atoms with Crippen LogP contribution in [0.3, 0.4) is 0 Å². The summed E-state index contributed by atoms with van der Waals surface area (Å²) in [6.07, 6.45) is 11.8. The molecule has 1 aromatic heterocycles. The number of rotatable bonds is 6. The second-order valence-electron chi connectivity index (χ2n) is 11.2. The van der Waals surface area contributed by atoms with Gasteiger partial charge in [-0.05, 0) is 63.9 Å². The number of hydrogen-bond acceptors (Lipinski definition) is 4. The number of likely N-dealkylation sites (tertiary alicyclic amines) is 1. The van der Waals surface area contributed by atoms with E-state index in [0.29, 0.717) is 18.8 Å². The smallest absolute Gasteiger partial charge is 0.271 e. The lowest BCUT2D eigenvalue weighted by atomic mass is 9.93. The van der Waals surface area contributed by atoms with Gasteiger partial charge in [-0.3, -0.25) is 9.59 Å². The van der Waals surface area contributed by atoms with E-state index in [1.807, 2.05) is 40.7 Å². The van der Waals surface area contributed by atoms with E-state index in [9.17, 15) is 9.59 Å². The Kier molecular flexibility index (Phi) is 7.56. The molecule has 1 saturated heterocycles. The highest BCUT2D eigenvalue weighted by Crippen LogP contribution is 2.34. The first kappa shape index (κ1) is 25.1. The van der Waals surface area contributed by atoms with Crippen LogP contribution in [-0.4, -0.2) is 71.1 Å². The van der Waals surface area contributed by atoms with Crippen LogP contribution in [0.5, 0.6) is 5.75 Å². The fraction of sp³-hybridized carbons (Fsp3) is 0.655. The van der Waals surface area contributed by atoms with E-state index in [2.05, 4.69) is 10.2 Å². The number of carbonyl (C=O) groups excluding carboxylic acids is 2. The lowest BCUT2D eigenvalue weighted by Crippen LogP contribution is -2.65. The topological polar surface area (TPSA) is 66.8 Å². The predicted molar refractivity (Wildman–Crippen MR) is 142 cm³/mol. The number of aromatic nitrogens is 1. The van der Waals surface area contributed by atoms with Gasteiger partial charge < -0.3 is 24.4 Å². The number of benzene rings is 1. The molecule has 7 nitrogen and oxygen atoms in total. The normalized spacial score (nSPS) is 24.3. The molecule has 7 heteroatoms. The lowest BCUT2D eigenvalue weighted by molar-refractivity contribution is -0.133. The maximum absolute atomic E-state index is 14.0. The highest BCUT2D eigenvalue weighted by Gasteiger charge is 2.48. The highest BCUT2D eigenvalue weighted by molar-refractivity contribution is 6.03. The van der Waals surface area contributed by atoms with Crippen molar-refractivity contribution >= 4 is 22.7 Å². The van der Waals surface area contributed by atoms with Gasteiger partial charge in [-0.2, -0.15) is 0 Å². The predicted octanol–water partition coefficient (Wildman–Crippen LogP) is 4.58. The van der Waals surface area contributed by atoms with Crippen LogP contribution in [0.4, 0.5) is 0 Å². The summed E-state index contributed by atoms with van der Waals surface area (Å²) in [6.45, 7) is 5.95. The Morgan fingerprint density at radius 2 is 1.69 bits per heavy atom. The third kappa shape index (κ3) is 4.99. The molecule has 1 saturated carbocycles. The third-order valence-corrected chi connectivity index (χ3v) is 8.66. The van der Waals surface area contributed by atoms with Crippen molar-refractivity contribution in [2.75, 3.05) is 33.3 Å². The van der Waals surface area contributed by atoms with E-state index >= 15 is 0 Å². The zero-order chi connectivity index (χ0) is 25.1. The minimum atomic E-state index is -0.947. The number of nitrogens with one attached hydrogen (secondary N) is 1. The Bertz CT molecular complexity index is 1080. The van der Waals surface area contributed by atoms with Crippen LogP contribution in [0.1, 0.15) is 81.6 Å². The standard InChI is InChI=1S/C29H42N4O3/c1-29(28(35)30-23-11-7-3-4-8-12-23)21-32-25-20-24(36-2)14-13-22(25)19-26(32)27(34)33(29)18-17-31-15-9-5-6-10-16-31/h13-14,19-20,23H,3-12,15-18,21H2,1-2H3,(H,30,35)/t29-/m0/s1. The summed E-state index contributed by atoms with van der Waals surface area (Å²) >= 11 is 0. The summed E-state index contributed by atoms with van der Waals surface area (Å²) in [5.74, 6) is 0.683. The van der Waals surface area contributed by atoms with Crippen molar-refractivity contribution in [3.63, 3.8) is 0 Å². The van der Waals surface area contributed by atoms with Crippen LogP contribution in [-0.2, 0) is 11.3 Å². The van der Waals surface area contributed by atoms with Gasteiger partial charge in [0.2, 0.25) is 5.91 Å². The zero-order valence-electron chi connectivity index (χ0n) is 22.1. The molecule has 1 atom stereocenters. The molecule has 3 aliphatic rings. The Labute approximate surface area is 215 Å². The van der Waals surface area contributed by atoms with E-state index in [0.717, 1.165) is 62.0 Å². The summed E-state index contributed by atoms with van der Waals surface area (Å²) in [7, 11) is 1.65. The average Bonchev–Trinajstić information content (AvgIpc) is 3.08. The molecule has 2 aliphatic heterocycles. The van der Waals surface area contributed by atoms with Gasteiger partial charge in [0, 0.05) is 30.6 Å². The highest BCUT2D eigenvalue weighted by atomic mass is 16.5. The van der Waals surface area contributed by atoms with Crippen molar-refractivity contribution in [3.8, 4) is 5.75 Å². The average molecular weight is 495 g/mol. The number of fused-ring (bicyclic) bond motifs is 3. The van der Waals surface area contributed by atoms with Crippen LogP contribution in [0.15, 0.2) is 24.3 Å². The summed E-state index contributed by atoms with van der Waals surface area (Å²) in [6, 6.07) is 8.06. The molecule has 2 aromatic rings. The number of nitrogens with zero attached hydrogens (tertiary/aromatic N) is 3. The minimum Gasteiger partial charge on any atom is -0.497 e. The van der Waals surface area contributed by atoms with Gasteiger partial charge in [0.25, 0.3) is 5.91 Å². The van der Waals surface area contributed by atoms with Gasteiger partial charge in [0.15, 0.2) is 0 Å². The minimum absolute atomic E-state index is 0.0194. The van der Waals surface area contributed by atoms with Crippen molar-refractivity contribution in [1.29, 1.82) is 0 Å². The van der Waals surface area contributed by atoms with Crippen LogP contribution in [0.2, 0.25) is 0 Å². The Hall–Kier alpha value is -2.54. The molecule has 196 valence electrons. The molecule has 36 heavy (non-hydrogen) atoms. The van der Waals surface area contributed by atoms with Crippen molar-refractivity contribution in [2.24, 2.45) is 0 Å². The maximum atomic E-state index is 14.0. The second-order valence-corrected chi connectivity index (χ2v) is 11.2. The van der Waals surface area contributed by atoms with Gasteiger partial charge in [0.1, 0.15) is 17.0 Å². The Morgan fingerprint density at radius 3 is 2.39 bits per heavy atom. The van der Waals surface area contributed by atoms with Gasteiger partial charge in [-0.15, -0.1) is 0 Å². The van der Waals surface area contributed by atoms with E-state index in [1.54, 1.807) is 7.11 Å². The fourth-order valence-corrected chi connectivity index (χ4v) is 6.37. The van der Waals surface area contributed by atoms with Gasteiger partial charge >= 0.3 is 0 Å². The molecule has 0 bridgehead atoms. The second kappa shape index (κ2) is 10.8. The van der Waals surface area contributed by atoms with Crippen LogP contribution in [0, 0.1) is 0 Å². The van der Waals surface area contributed by atoms with E-state index in [1.165, 1.54) is 38.5 Å². The zero-order valence-corrected chi connectivity index (χ0v) is 22.1. The van der Waals surface area contributed by atoms with Gasteiger partial charge in [-0.25, -0.2) is 0 Å². The number of carbonyl (C=O) groups is 2. The number of methoxy groups -OCH3 is 1.